The lowest BCUT2D eigenvalue weighted by Gasteiger charge is -2.29. The molecule has 1 aliphatic heterocycles. The number of imide groups is 1. The van der Waals surface area contributed by atoms with Gasteiger partial charge < -0.3 is 9.64 Å². The highest BCUT2D eigenvalue weighted by Gasteiger charge is 2.43. The van der Waals surface area contributed by atoms with Gasteiger partial charge in [-0.1, -0.05) is 12.1 Å². The molecular weight excluding hydrogens is 308 g/mol. The lowest BCUT2D eigenvalue weighted by molar-refractivity contribution is -0.133. The maximum Gasteiger partial charge on any atom is 0.417 e. The first-order chi connectivity index (χ1) is 11.1. The average molecular weight is 332 g/mol. The Hall–Kier alpha value is -2.37. The number of likely N-dealkylation sites (tertiary alicyclic amines) is 1. The van der Waals surface area contributed by atoms with Gasteiger partial charge in [0.25, 0.3) is 0 Å². The van der Waals surface area contributed by atoms with Gasteiger partial charge in [0, 0.05) is 19.2 Å². The molecule has 130 valence electrons. The molecular formula is C18H24N2O4. The van der Waals surface area contributed by atoms with Gasteiger partial charge >= 0.3 is 6.09 Å². The summed E-state index contributed by atoms with van der Waals surface area (Å²) in [6, 6.07) is 6.68. The van der Waals surface area contributed by atoms with Crippen LogP contribution >= 0.6 is 0 Å². The molecule has 0 radical (unpaired) electrons. The molecule has 1 unspecified atom stereocenters. The molecule has 0 saturated carbocycles. The first kappa shape index (κ1) is 18.0. The summed E-state index contributed by atoms with van der Waals surface area (Å²) >= 11 is 0. The highest BCUT2D eigenvalue weighted by molar-refractivity contribution is 6.05. The van der Waals surface area contributed by atoms with Crippen LogP contribution in [0.5, 0.6) is 0 Å². The average Bonchev–Trinajstić information content (AvgIpc) is 2.85. The topological polar surface area (TPSA) is 66.9 Å². The molecule has 0 aliphatic carbocycles. The molecule has 1 aromatic carbocycles. The molecule has 24 heavy (non-hydrogen) atoms. The molecule has 6 nitrogen and oxygen atoms in total. The lowest BCUT2D eigenvalue weighted by atomic mass is 10.1. The van der Waals surface area contributed by atoms with Crippen LogP contribution < -0.4 is 4.90 Å². The zero-order valence-electron chi connectivity index (χ0n) is 14.8. The summed E-state index contributed by atoms with van der Waals surface area (Å²) in [7, 11) is 1.65. The summed E-state index contributed by atoms with van der Waals surface area (Å²) in [5, 5.41) is 0. The predicted octanol–water partition coefficient (Wildman–Crippen LogP) is 2.88. The van der Waals surface area contributed by atoms with E-state index in [4.69, 9.17) is 4.74 Å². The van der Waals surface area contributed by atoms with E-state index >= 15 is 0 Å². The van der Waals surface area contributed by atoms with Crippen molar-refractivity contribution < 1.29 is 19.1 Å². The number of aryl methyl sites for hydroxylation is 1. The SMILES string of the molecule is Cc1cccc(N(C)C(=O)C2CCC(=O)N2C(=O)OC(C)(C)C)c1. The van der Waals surface area contributed by atoms with E-state index in [9.17, 15) is 14.4 Å². The number of hydrogen-bond donors (Lipinski definition) is 0. The Morgan fingerprint density at radius 3 is 2.54 bits per heavy atom. The molecule has 1 saturated heterocycles. The fourth-order valence-electron chi connectivity index (χ4n) is 2.65. The van der Waals surface area contributed by atoms with E-state index in [0.717, 1.165) is 16.2 Å². The monoisotopic (exact) mass is 332 g/mol. The number of anilines is 1. The highest BCUT2D eigenvalue weighted by atomic mass is 16.6. The first-order valence-corrected chi connectivity index (χ1v) is 7.99. The summed E-state index contributed by atoms with van der Waals surface area (Å²) < 4.78 is 5.27. The van der Waals surface area contributed by atoms with Crippen LogP contribution in [-0.4, -0.2) is 41.5 Å². The number of hydrogen-bond acceptors (Lipinski definition) is 4. The Balaban J connectivity index is 2.21. The Bertz CT molecular complexity index is 663. The summed E-state index contributed by atoms with van der Waals surface area (Å²) in [5.74, 6) is -0.669. The van der Waals surface area contributed by atoms with Gasteiger partial charge in [0.2, 0.25) is 11.8 Å². The fraction of sp³-hybridized carbons (Fsp3) is 0.500. The van der Waals surface area contributed by atoms with Crippen LogP contribution in [0.3, 0.4) is 0 Å². The van der Waals surface area contributed by atoms with Crippen LogP contribution in [0.2, 0.25) is 0 Å². The van der Waals surface area contributed by atoms with Gasteiger partial charge in [0.05, 0.1) is 0 Å². The number of ether oxygens (including phenoxy) is 1. The summed E-state index contributed by atoms with van der Waals surface area (Å²) in [6.07, 6.45) is -0.286. The number of rotatable bonds is 2. The van der Waals surface area contributed by atoms with E-state index in [-0.39, 0.29) is 18.2 Å². The second kappa shape index (κ2) is 6.63. The van der Waals surface area contributed by atoms with Gasteiger partial charge in [0.15, 0.2) is 0 Å². The quantitative estimate of drug-likeness (QED) is 0.835. The van der Waals surface area contributed by atoms with Crippen LogP contribution in [0.25, 0.3) is 0 Å². The minimum absolute atomic E-state index is 0.164. The molecule has 1 atom stereocenters. The second-order valence-electron chi connectivity index (χ2n) is 7.03. The molecule has 0 aromatic heterocycles. The van der Waals surface area contributed by atoms with Gasteiger partial charge in [-0.3, -0.25) is 9.59 Å². The largest absolute Gasteiger partial charge is 0.443 e. The highest BCUT2D eigenvalue weighted by Crippen LogP contribution is 2.25. The van der Waals surface area contributed by atoms with E-state index < -0.39 is 17.7 Å². The molecule has 0 bridgehead atoms. The van der Waals surface area contributed by atoms with Crippen molar-refractivity contribution in [3.63, 3.8) is 0 Å². The Kier molecular flexibility index (Phi) is 4.96. The van der Waals surface area contributed by atoms with Crippen molar-refractivity contribution in [1.29, 1.82) is 0 Å². The third-order valence-electron chi connectivity index (χ3n) is 3.81. The summed E-state index contributed by atoms with van der Waals surface area (Å²) in [4.78, 5) is 39.6. The van der Waals surface area contributed by atoms with Crippen LogP contribution in [0.4, 0.5) is 10.5 Å². The van der Waals surface area contributed by atoms with Crippen molar-refractivity contribution in [2.45, 2.75) is 52.2 Å². The van der Waals surface area contributed by atoms with Crippen molar-refractivity contribution >= 4 is 23.6 Å². The van der Waals surface area contributed by atoms with E-state index in [0.29, 0.717) is 6.42 Å². The maximum absolute atomic E-state index is 12.8. The maximum atomic E-state index is 12.8. The number of carbonyl (C=O) groups is 3. The minimum Gasteiger partial charge on any atom is -0.443 e. The number of nitrogens with zero attached hydrogens (tertiary/aromatic N) is 2. The van der Waals surface area contributed by atoms with Crippen LogP contribution in [0, 0.1) is 6.92 Å². The third-order valence-corrected chi connectivity index (χ3v) is 3.81. The fourth-order valence-corrected chi connectivity index (χ4v) is 2.65. The van der Waals surface area contributed by atoms with E-state index in [1.165, 1.54) is 4.90 Å². The van der Waals surface area contributed by atoms with Crippen molar-refractivity contribution in [3.05, 3.63) is 29.8 Å². The smallest absolute Gasteiger partial charge is 0.417 e. The third kappa shape index (κ3) is 3.93. The number of amides is 3. The van der Waals surface area contributed by atoms with Crippen molar-refractivity contribution in [1.82, 2.24) is 4.90 Å². The molecule has 0 N–H and O–H groups in total. The van der Waals surface area contributed by atoms with Gasteiger partial charge in [-0.15, -0.1) is 0 Å². The van der Waals surface area contributed by atoms with E-state index in [1.54, 1.807) is 27.8 Å². The van der Waals surface area contributed by atoms with E-state index in [2.05, 4.69) is 0 Å². The summed E-state index contributed by atoms with van der Waals surface area (Å²) in [5.41, 5.74) is 1.03. The van der Waals surface area contributed by atoms with Crippen LogP contribution in [0.1, 0.15) is 39.2 Å². The molecule has 0 spiro atoms. The minimum atomic E-state index is -0.821. The van der Waals surface area contributed by atoms with Crippen LogP contribution in [-0.2, 0) is 14.3 Å². The van der Waals surface area contributed by atoms with Crippen molar-refractivity contribution in [2.75, 3.05) is 11.9 Å². The molecule has 1 aliphatic rings. The van der Waals surface area contributed by atoms with Crippen molar-refractivity contribution in [2.24, 2.45) is 0 Å². The Morgan fingerprint density at radius 1 is 1.29 bits per heavy atom. The Morgan fingerprint density at radius 2 is 1.96 bits per heavy atom. The van der Waals surface area contributed by atoms with Gasteiger partial charge in [-0.25, -0.2) is 9.69 Å². The molecule has 1 fully saturated rings. The van der Waals surface area contributed by atoms with Gasteiger partial charge in [0.1, 0.15) is 11.6 Å². The normalized spacial score (nSPS) is 17.8. The number of carbonyl (C=O) groups excluding carboxylic acids is 3. The second-order valence-corrected chi connectivity index (χ2v) is 7.03. The number of likely N-dealkylation sites (N-methyl/N-ethyl adjacent to an activating group) is 1. The van der Waals surface area contributed by atoms with E-state index in [1.807, 2.05) is 31.2 Å². The molecule has 3 amide bonds. The molecule has 6 heteroatoms. The summed E-state index contributed by atoms with van der Waals surface area (Å²) in [6.45, 7) is 7.11. The van der Waals surface area contributed by atoms with Gasteiger partial charge in [-0.2, -0.15) is 0 Å². The molecule has 1 heterocycles. The van der Waals surface area contributed by atoms with Crippen LogP contribution in [0.15, 0.2) is 24.3 Å². The standard InChI is InChI=1S/C18H24N2O4/c1-12-7-6-8-13(11-12)19(5)16(22)14-9-10-15(21)20(14)17(23)24-18(2,3)4/h6-8,11,14H,9-10H2,1-5H3. The Labute approximate surface area is 142 Å². The van der Waals surface area contributed by atoms with Crippen molar-refractivity contribution in [3.8, 4) is 0 Å². The lowest BCUT2D eigenvalue weighted by Crippen LogP contribution is -2.49. The number of benzene rings is 1. The molecule has 2 rings (SSSR count). The molecule has 1 aromatic rings. The van der Waals surface area contributed by atoms with Gasteiger partial charge in [-0.05, 0) is 51.8 Å². The zero-order valence-corrected chi connectivity index (χ0v) is 14.8. The predicted molar refractivity (Wildman–Crippen MR) is 90.7 cm³/mol. The first-order valence-electron chi connectivity index (χ1n) is 7.99. The zero-order chi connectivity index (χ0) is 18.1.